The third-order valence-corrected chi connectivity index (χ3v) is 8.62. The van der Waals surface area contributed by atoms with Crippen LogP contribution in [0.3, 0.4) is 0 Å². The van der Waals surface area contributed by atoms with Gasteiger partial charge in [-0.05, 0) is 88.4 Å². The van der Waals surface area contributed by atoms with E-state index in [1.165, 1.54) is 89.9 Å². The number of hydrogen-bond acceptors (Lipinski definition) is 6. The molecule has 6 fully saturated rings. The summed E-state index contributed by atoms with van der Waals surface area (Å²) in [6.07, 6.45) is 18.6. The molecule has 4 bridgehead atoms. The van der Waals surface area contributed by atoms with Crippen molar-refractivity contribution in [2.45, 2.75) is 101 Å². The molecular formula is C24H38N6. The Balaban J connectivity index is 1.27. The van der Waals surface area contributed by atoms with Crippen molar-refractivity contribution in [3.05, 3.63) is 0 Å². The molecule has 1 saturated heterocycles. The standard InChI is InChI=1S/C24H38N6/c1-3-7-20(8-4-1)25-21-26-22(28-23(27-21)30-9-5-2-6-10-30)29-24-14-17-11-18(15-24)13-19(12-17)16-24/h17-20H,1-16H2,(H2,25,26,27,28,29). The topological polar surface area (TPSA) is 66.0 Å². The van der Waals surface area contributed by atoms with E-state index in [4.69, 9.17) is 15.0 Å². The van der Waals surface area contributed by atoms with Crippen LogP contribution < -0.4 is 15.5 Å². The monoisotopic (exact) mass is 410 g/mol. The lowest BCUT2D eigenvalue weighted by atomic mass is 9.53. The Labute approximate surface area is 181 Å². The highest BCUT2D eigenvalue weighted by Crippen LogP contribution is 2.56. The third-order valence-electron chi connectivity index (χ3n) is 8.62. The quantitative estimate of drug-likeness (QED) is 0.713. The molecule has 6 nitrogen and oxygen atoms in total. The maximum absolute atomic E-state index is 4.98. The van der Waals surface area contributed by atoms with Gasteiger partial charge in [-0.25, -0.2) is 0 Å². The zero-order chi connectivity index (χ0) is 20.0. The summed E-state index contributed by atoms with van der Waals surface area (Å²) in [7, 11) is 0. The summed E-state index contributed by atoms with van der Waals surface area (Å²) in [6.45, 7) is 2.15. The van der Waals surface area contributed by atoms with E-state index in [-0.39, 0.29) is 5.54 Å². The lowest BCUT2D eigenvalue weighted by Crippen LogP contribution is -2.55. The van der Waals surface area contributed by atoms with Gasteiger partial charge in [0.25, 0.3) is 0 Å². The fraction of sp³-hybridized carbons (Fsp3) is 0.875. The molecule has 0 radical (unpaired) electrons. The van der Waals surface area contributed by atoms with Crippen LogP contribution in [0.1, 0.15) is 89.9 Å². The molecule has 6 heteroatoms. The van der Waals surface area contributed by atoms with Crippen molar-refractivity contribution < 1.29 is 0 Å². The van der Waals surface area contributed by atoms with Crippen LogP contribution in [0.25, 0.3) is 0 Å². The van der Waals surface area contributed by atoms with Crippen molar-refractivity contribution in [3.8, 4) is 0 Å². The highest BCUT2D eigenvalue weighted by atomic mass is 15.3. The van der Waals surface area contributed by atoms with E-state index in [1.807, 2.05) is 0 Å². The predicted molar refractivity (Wildman–Crippen MR) is 121 cm³/mol. The number of nitrogens with zero attached hydrogens (tertiary/aromatic N) is 4. The van der Waals surface area contributed by atoms with E-state index in [2.05, 4.69) is 15.5 Å². The highest BCUT2D eigenvalue weighted by Gasteiger charge is 2.51. The van der Waals surface area contributed by atoms with Crippen molar-refractivity contribution in [1.29, 1.82) is 0 Å². The van der Waals surface area contributed by atoms with Gasteiger partial charge < -0.3 is 15.5 Å². The molecule has 0 aromatic carbocycles. The molecule has 6 aliphatic rings. The van der Waals surface area contributed by atoms with Crippen molar-refractivity contribution in [1.82, 2.24) is 15.0 Å². The number of anilines is 3. The van der Waals surface area contributed by atoms with Crippen molar-refractivity contribution >= 4 is 17.8 Å². The van der Waals surface area contributed by atoms with E-state index in [1.54, 1.807) is 0 Å². The Hall–Kier alpha value is -1.59. The van der Waals surface area contributed by atoms with Gasteiger partial charge in [0.15, 0.2) is 0 Å². The second-order valence-electron chi connectivity index (χ2n) is 11.1. The number of hydrogen-bond donors (Lipinski definition) is 2. The average Bonchev–Trinajstić information content (AvgIpc) is 2.74. The van der Waals surface area contributed by atoms with Crippen molar-refractivity contribution in [3.63, 3.8) is 0 Å². The summed E-state index contributed by atoms with van der Waals surface area (Å²) in [5, 5.41) is 7.59. The first-order valence-corrected chi connectivity index (χ1v) is 12.8. The summed E-state index contributed by atoms with van der Waals surface area (Å²) in [4.78, 5) is 17.2. The molecule has 2 N–H and O–H groups in total. The minimum atomic E-state index is 0.234. The van der Waals surface area contributed by atoms with Crippen LogP contribution >= 0.6 is 0 Å². The fourth-order valence-electron chi connectivity index (χ4n) is 7.65. The second-order valence-corrected chi connectivity index (χ2v) is 11.1. The average molecular weight is 411 g/mol. The Bertz CT molecular complexity index is 717. The minimum absolute atomic E-state index is 0.234. The molecule has 5 saturated carbocycles. The van der Waals surface area contributed by atoms with Gasteiger partial charge in [0.2, 0.25) is 17.8 Å². The smallest absolute Gasteiger partial charge is 0.231 e. The number of piperidine rings is 1. The second kappa shape index (κ2) is 7.83. The van der Waals surface area contributed by atoms with Gasteiger partial charge in [-0.1, -0.05) is 19.3 Å². The fourth-order valence-corrected chi connectivity index (χ4v) is 7.65. The van der Waals surface area contributed by atoms with Crippen LogP contribution in [0.15, 0.2) is 0 Å². The van der Waals surface area contributed by atoms with Gasteiger partial charge in [-0.2, -0.15) is 15.0 Å². The summed E-state index contributed by atoms with van der Waals surface area (Å²) in [5.41, 5.74) is 0.234. The summed E-state index contributed by atoms with van der Waals surface area (Å²) < 4.78 is 0. The van der Waals surface area contributed by atoms with Crippen molar-refractivity contribution in [2.24, 2.45) is 17.8 Å². The van der Waals surface area contributed by atoms with Crippen LogP contribution in [0.4, 0.5) is 17.8 Å². The molecular weight excluding hydrogens is 372 g/mol. The molecule has 5 aliphatic carbocycles. The Kier molecular flexibility index (Phi) is 4.99. The van der Waals surface area contributed by atoms with Crippen LogP contribution in [-0.4, -0.2) is 39.6 Å². The van der Waals surface area contributed by atoms with Gasteiger partial charge in [-0.15, -0.1) is 0 Å². The molecule has 0 spiro atoms. The molecule has 1 aromatic rings. The van der Waals surface area contributed by atoms with E-state index < -0.39 is 0 Å². The van der Waals surface area contributed by atoms with Gasteiger partial charge in [0.1, 0.15) is 0 Å². The van der Waals surface area contributed by atoms with E-state index in [0.29, 0.717) is 6.04 Å². The van der Waals surface area contributed by atoms with E-state index in [9.17, 15) is 0 Å². The lowest BCUT2D eigenvalue weighted by molar-refractivity contribution is 0.0103. The zero-order valence-corrected chi connectivity index (χ0v) is 18.4. The zero-order valence-electron chi connectivity index (χ0n) is 18.4. The van der Waals surface area contributed by atoms with Crippen LogP contribution in [-0.2, 0) is 0 Å². The van der Waals surface area contributed by atoms with Crippen LogP contribution in [0, 0.1) is 17.8 Å². The molecule has 0 amide bonds. The maximum Gasteiger partial charge on any atom is 0.231 e. The molecule has 164 valence electrons. The highest BCUT2D eigenvalue weighted by molar-refractivity contribution is 5.46. The van der Waals surface area contributed by atoms with Crippen LogP contribution in [0.5, 0.6) is 0 Å². The van der Waals surface area contributed by atoms with Gasteiger partial charge in [0, 0.05) is 24.7 Å². The SMILES string of the molecule is C1CCC(Nc2nc(NC34CC5CC(CC(C5)C3)C4)nc(N3CCCCC3)n2)CC1. The van der Waals surface area contributed by atoms with Gasteiger partial charge >= 0.3 is 0 Å². The summed E-state index contributed by atoms with van der Waals surface area (Å²) >= 11 is 0. The largest absolute Gasteiger partial charge is 0.351 e. The number of rotatable bonds is 5. The molecule has 1 aliphatic heterocycles. The first-order chi connectivity index (χ1) is 14.7. The molecule has 0 unspecified atom stereocenters. The normalized spacial score (nSPS) is 36.1. The minimum Gasteiger partial charge on any atom is -0.351 e. The lowest BCUT2D eigenvalue weighted by Gasteiger charge is -2.56. The maximum atomic E-state index is 4.98. The first-order valence-electron chi connectivity index (χ1n) is 12.8. The van der Waals surface area contributed by atoms with Crippen LogP contribution in [0.2, 0.25) is 0 Å². The number of nitrogens with one attached hydrogen (secondary N) is 2. The molecule has 30 heavy (non-hydrogen) atoms. The Morgan fingerprint density at radius 2 is 1.30 bits per heavy atom. The van der Waals surface area contributed by atoms with E-state index in [0.717, 1.165) is 48.7 Å². The van der Waals surface area contributed by atoms with Crippen molar-refractivity contribution in [2.75, 3.05) is 28.6 Å². The van der Waals surface area contributed by atoms with E-state index >= 15 is 0 Å². The molecule has 0 atom stereocenters. The molecule has 7 rings (SSSR count). The third kappa shape index (κ3) is 3.87. The summed E-state index contributed by atoms with van der Waals surface area (Å²) in [6, 6.07) is 0.516. The molecule has 1 aromatic heterocycles. The predicted octanol–water partition coefficient (Wildman–Crippen LogP) is 4.99. The Morgan fingerprint density at radius 3 is 1.97 bits per heavy atom. The number of aromatic nitrogens is 3. The van der Waals surface area contributed by atoms with Gasteiger partial charge in [0.05, 0.1) is 0 Å². The van der Waals surface area contributed by atoms with Gasteiger partial charge in [-0.3, -0.25) is 0 Å². The first kappa shape index (κ1) is 19.1. The summed E-state index contributed by atoms with van der Waals surface area (Å²) in [5.74, 6) is 5.27. The Morgan fingerprint density at radius 1 is 0.700 bits per heavy atom. The molecule has 2 heterocycles.